The van der Waals surface area contributed by atoms with E-state index in [1.807, 2.05) is 6.08 Å². The molecule has 0 spiro atoms. The summed E-state index contributed by atoms with van der Waals surface area (Å²) in [7, 11) is 0. The first-order chi connectivity index (χ1) is 17.5. The number of nitrogens with one attached hydrogen (secondary N) is 1. The Morgan fingerprint density at radius 1 is 1.08 bits per heavy atom. The summed E-state index contributed by atoms with van der Waals surface area (Å²) in [5, 5.41) is 2.91. The van der Waals surface area contributed by atoms with Gasteiger partial charge in [-0.3, -0.25) is 0 Å². The van der Waals surface area contributed by atoms with Crippen LogP contribution in [-0.4, -0.2) is 18.7 Å². The van der Waals surface area contributed by atoms with Crippen LogP contribution in [0.4, 0.5) is 4.79 Å². The van der Waals surface area contributed by atoms with Crippen molar-refractivity contribution < 1.29 is 11.0 Å². The van der Waals surface area contributed by atoms with Crippen molar-refractivity contribution in [3.8, 4) is 0 Å². The number of carbonyl (C=O) groups excluding carboxylic acids is 1. The number of hydrogen-bond donors (Lipinski definition) is 1. The van der Waals surface area contributed by atoms with Crippen LogP contribution in [0.2, 0.25) is 0 Å². The second kappa shape index (κ2) is 11.9. The van der Waals surface area contributed by atoms with Gasteiger partial charge >= 0.3 is 6.09 Å². The lowest BCUT2D eigenvalue weighted by Crippen LogP contribution is -2.51. The van der Waals surface area contributed by atoms with E-state index in [-0.39, 0.29) is 13.6 Å². The number of fused-ring (bicyclic) bond motifs is 5. The van der Waals surface area contributed by atoms with Crippen LogP contribution in [0, 0.1) is 52.3 Å². The van der Waals surface area contributed by atoms with E-state index in [9.17, 15) is 4.79 Å². The number of rotatable bonds is 9. The van der Waals surface area contributed by atoms with Crippen LogP contribution in [-0.2, 0) is 4.74 Å². The van der Waals surface area contributed by atoms with Gasteiger partial charge in [-0.2, -0.15) is 0 Å². The molecular formula is C34H59NO2. The number of ether oxygens (including phenoxy) is 1. The summed E-state index contributed by atoms with van der Waals surface area (Å²) in [5.41, 5.74) is 2.45. The Morgan fingerprint density at radius 3 is 2.59 bits per heavy atom. The molecule has 0 radical (unpaired) electrons. The molecule has 5 unspecified atom stereocenters. The van der Waals surface area contributed by atoms with Crippen LogP contribution >= 0.6 is 0 Å². The Labute approximate surface area is 230 Å². The molecule has 212 valence electrons. The molecule has 37 heavy (non-hydrogen) atoms. The van der Waals surface area contributed by atoms with Crippen LogP contribution in [0.15, 0.2) is 23.8 Å². The van der Waals surface area contributed by atoms with Gasteiger partial charge in [0.15, 0.2) is 0 Å². The molecule has 3 fully saturated rings. The average Bonchev–Trinajstić information content (AvgIpc) is 3.19. The minimum atomic E-state index is -0.260. The van der Waals surface area contributed by atoms with Gasteiger partial charge in [-0.05, 0) is 97.2 Å². The summed E-state index contributed by atoms with van der Waals surface area (Å²) >= 11 is 0. The van der Waals surface area contributed by atoms with Crippen molar-refractivity contribution >= 4 is 6.09 Å². The highest BCUT2D eigenvalue weighted by Crippen LogP contribution is 2.67. The van der Waals surface area contributed by atoms with Crippen LogP contribution in [0.1, 0.15) is 121 Å². The molecule has 0 aromatic rings. The zero-order valence-electron chi connectivity index (χ0n) is 25.2. The summed E-state index contributed by atoms with van der Waals surface area (Å²) < 4.78 is 5.88. The van der Waals surface area contributed by atoms with Crippen molar-refractivity contribution in [3.63, 3.8) is 0 Å². The molecule has 0 bridgehead atoms. The van der Waals surface area contributed by atoms with E-state index >= 15 is 0 Å². The van der Waals surface area contributed by atoms with Crippen LogP contribution < -0.4 is 5.32 Å². The first kappa shape index (κ1) is 28.8. The van der Waals surface area contributed by atoms with Crippen LogP contribution in [0.3, 0.4) is 0 Å². The predicted molar refractivity (Wildman–Crippen MR) is 157 cm³/mol. The fourth-order valence-electron chi connectivity index (χ4n) is 9.43. The second-order valence-corrected chi connectivity index (χ2v) is 14.6. The number of amides is 1. The van der Waals surface area contributed by atoms with Crippen molar-refractivity contribution in [2.45, 2.75) is 125 Å². The fraction of sp³-hybridized carbons (Fsp3) is 0.853. The molecule has 0 aromatic heterocycles. The zero-order chi connectivity index (χ0) is 26.8. The third kappa shape index (κ3) is 6.17. The first-order valence-electron chi connectivity index (χ1n) is 15.8. The molecule has 0 heterocycles. The molecule has 4 aliphatic rings. The van der Waals surface area contributed by atoms with Gasteiger partial charge in [-0.1, -0.05) is 91.5 Å². The van der Waals surface area contributed by atoms with Gasteiger partial charge in [0.05, 0.1) is 0 Å². The quantitative estimate of drug-likeness (QED) is 0.312. The second-order valence-electron chi connectivity index (χ2n) is 14.6. The SMILES string of the molecule is CC(C)/C=C/CNC(=O)O[C@H]1CCC2(C)C(=CCC3C2CCC2(C)C3CC[C@@H]2[C@H](C)CCCC(C)C)C1.[HH]. The average molecular weight is 514 g/mol. The van der Waals surface area contributed by atoms with Crippen LogP contribution in [0.25, 0.3) is 0 Å². The molecule has 4 aliphatic carbocycles. The van der Waals surface area contributed by atoms with Crippen molar-refractivity contribution in [3.05, 3.63) is 23.8 Å². The molecule has 8 atom stereocenters. The summed E-state index contributed by atoms with van der Waals surface area (Å²) in [6.07, 6.45) is 20.8. The van der Waals surface area contributed by atoms with E-state index in [4.69, 9.17) is 4.74 Å². The van der Waals surface area contributed by atoms with E-state index < -0.39 is 0 Å². The summed E-state index contributed by atoms with van der Waals surface area (Å²) in [6.45, 7) is 17.4. The molecule has 0 aromatic carbocycles. The molecule has 0 saturated heterocycles. The third-order valence-corrected chi connectivity index (χ3v) is 11.4. The van der Waals surface area contributed by atoms with Crippen molar-refractivity contribution in [2.75, 3.05) is 6.54 Å². The number of carbonyl (C=O) groups is 1. The molecule has 3 heteroatoms. The monoisotopic (exact) mass is 513 g/mol. The van der Waals surface area contributed by atoms with E-state index in [0.717, 1.165) is 48.3 Å². The Hall–Kier alpha value is -1.25. The Balaban J connectivity index is 0.00000400. The van der Waals surface area contributed by atoms with E-state index in [0.29, 0.717) is 23.3 Å². The van der Waals surface area contributed by atoms with Gasteiger partial charge in [-0.15, -0.1) is 0 Å². The highest BCUT2D eigenvalue weighted by molar-refractivity contribution is 5.67. The molecular weight excluding hydrogens is 454 g/mol. The Morgan fingerprint density at radius 2 is 1.86 bits per heavy atom. The Kier molecular flexibility index (Phi) is 9.22. The molecule has 1 N–H and O–H groups in total. The predicted octanol–water partition coefficient (Wildman–Crippen LogP) is 9.58. The number of alkyl carbamates (subject to hydrolysis) is 1. The summed E-state index contributed by atoms with van der Waals surface area (Å²) in [4.78, 5) is 12.4. The molecule has 3 nitrogen and oxygen atoms in total. The minimum absolute atomic E-state index is 0. The Bertz CT molecular complexity index is 849. The maximum atomic E-state index is 12.4. The van der Waals surface area contributed by atoms with Gasteiger partial charge in [0.2, 0.25) is 0 Å². The van der Waals surface area contributed by atoms with Crippen molar-refractivity contribution in [1.82, 2.24) is 5.32 Å². The van der Waals surface area contributed by atoms with E-state index in [1.165, 1.54) is 57.8 Å². The molecule has 4 rings (SSSR count). The smallest absolute Gasteiger partial charge is 0.407 e. The first-order valence-corrected chi connectivity index (χ1v) is 15.8. The lowest BCUT2D eigenvalue weighted by atomic mass is 9.47. The van der Waals surface area contributed by atoms with Gasteiger partial charge in [0, 0.05) is 14.4 Å². The van der Waals surface area contributed by atoms with Crippen molar-refractivity contribution in [2.24, 2.45) is 52.3 Å². The van der Waals surface area contributed by atoms with E-state index in [2.05, 4.69) is 65.9 Å². The highest BCUT2D eigenvalue weighted by atomic mass is 16.6. The molecule has 0 aliphatic heterocycles. The maximum absolute atomic E-state index is 12.4. The summed E-state index contributed by atoms with van der Waals surface area (Å²) in [5.74, 6) is 5.70. The largest absolute Gasteiger partial charge is 0.446 e. The van der Waals surface area contributed by atoms with Gasteiger partial charge in [0.25, 0.3) is 0 Å². The maximum Gasteiger partial charge on any atom is 0.407 e. The molecule has 3 saturated carbocycles. The molecule has 1 amide bonds. The van der Waals surface area contributed by atoms with Gasteiger partial charge in [0.1, 0.15) is 6.10 Å². The lowest BCUT2D eigenvalue weighted by Gasteiger charge is -2.58. The topological polar surface area (TPSA) is 38.3 Å². The van der Waals surface area contributed by atoms with Crippen molar-refractivity contribution in [1.29, 1.82) is 0 Å². The number of hydrogen-bond acceptors (Lipinski definition) is 2. The third-order valence-electron chi connectivity index (χ3n) is 11.4. The highest BCUT2D eigenvalue weighted by Gasteiger charge is 2.59. The number of allylic oxidation sites excluding steroid dienone is 2. The fourth-order valence-corrected chi connectivity index (χ4v) is 9.43. The summed E-state index contributed by atoms with van der Waals surface area (Å²) in [6, 6.07) is 0. The van der Waals surface area contributed by atoms with E-state index in [1.54, 1.807) is 5.57 Å². The standard InChI is InChI=1S/C34H57NO2.H2/c1-23(2)10-8-12-25(5)29-15-16-30-28-14-13-26-22-27(37-32(36)35-21-9-11-24(3)4)17-19-33(26,6)31(28)18-20-34(29,30)7;/h9,11,13,23-25,27-31H,8,10,12,14-22H2,1-7H3,(H,35,36);1H/b11-9+;/t25-,27+,28?,29-,30?,31?,33?,34?;/m1./s1. The zero-order valence-corrected chi connectivity index (χ0v) is 25.2. The normalized spacial score (nSPS) is 38.2. The lowest BCUT2D eigenvalue weighted by molar-refractivity contribution is -0.0581. The minimum Gasteiger partial charge on any atom is -0.446 e. The van der Waals surface area contributed by atoms with Gasteiger partial charge in [-0.25, -0.2) is 4.79 Å². The van der Waals surface area contributed by atoms with Gasteiger partial charge < -0.3 is 10.1 Å². The van der Waals surface area contributed by atoms with Crippen LogP contribution in [0.5, 0.6) is 0 Å².